The van der Waals surface area contributed by atoms with Gasteiger partial charge in [-0.25, -0.2) is 4.98 Å². The molecule has 0 atom stereocenters. The number of carbonyl (C=O) groups excluding carboxylic acids is 1. The van der Waals surface area contributed by atoms with Gasteiger partial charge in [0, 0.05) is 24.4 Å². The molecule has 5 nitrogen and oxygen atoms in total. The quantitative estimate of drug-likeness (QED) is 0.770. The summed E-state index contributed by atoms with van der Waals surface area (Å²) in [5, 5.41) is 12.0. The number of aromatic nitrogens is 2. The lowest BCUT2D eigenvalue weighted by Crippen LogP contribution is -2.44. The Bertz CT molecular complexity index is 357. The number of nitrogens with one attached hydrogen (secondary N) is 1. The minimum absolute atomic E-state index is 0.0993. The molecule has 0 spiro atoms. The van der Waals surface area contributed by atoms with Crippen molar-refractivity contribution in [3.63, 3.8) is 0 Å². The molecule has 1 aromatic heterocycles. The SMILES string of the molecule is O=C(NCC1(CO)CCC1)c1cnccn1. The van der Waals surface area contributed by atoms with Crippen molar-refractivity contribution >= 4 is 5.91 Å². The Labute approximate surface area is 93.9 Å². The van der Waals surface area contributed by atoms with Crippen molar-refractivity contribution in [1.82, 2.24) is 15.3 Å². The van der Waals surface area contributed by atoms with E-state index in [2.05, 4.69) is 15.3 Å². The summed E-state index contributed by atoms with van der Waals surface area (Å²) in [4.78, 5) is 19.4. The number of hydrogen-bond donors (Lipinski definition) is 2. The summed E-state index contributed by atoms with van der Waals surface area (Å²) in [6.07, 6.45) is 7.52. The molecule has 1 saturated carbocycles. The number of rotatable bonds is 4. The zero-order valence-corrected chi connectivity index (χ0v) is 9.02. The molecule has 1 aliphatic carbocycles. The zero-order chi connectivity index (χ0) is 11.4. The van der Waals surface area contributed by atoms with Gasteiger partial charge in [-0.3, -0.25) is 9.78 Å². The van der Waals surface area contributed by atoms with Gasteiger partial charge in [0.1, 0.15) is 5.69 Å². The smallest absolute Gasteiger partial charge is 0.271 e. The molecule has 16 heavy (non-hydrogen) atoms. The largest absolute Gasteiger partial charge is 0.396 e. The van der Waals surface area contributed by atoms with Crippen LogP contribution in [0.15, 0.2) is 18.6 Å². The van der Waals surface area contributed by atoms with Gasteiger partial charge in [-0.05, 0) is 12.8 Å². The maximum atomic E-state index is 11.7. The first-order valence-corrected chi connectivity index (χ1v) is 5.41. The highest BCUT2D eigenvalue weighted by Gasteiger charge is 2.36. The van der Waals surface area contributed by atoms with Crippen molar-refractivity contribution in [1.29, 1.82) is 0 Å². The predicted molar refractivity (Wildman–Crippen MR) is 57.7 cm³/mol. The van der Waals surface area contributed by atoms with E-state index in [1.165, 1.54) is 18.6 Å². The lowest BCUT2D eigenvalue weighted by molar-refractivity contribution is 0.0428. The number of nitrogens with zero attached hydrogens (tertiary/aromatic N) is 2. The molecule has 1 aliphatic rings. The van der Waals surface area contributed by atoms with Crippen LogP contribution in [0.5, 0.6) is 0 Å². The van der Waals surface area contributed by atoms with Crippen LogP contribution in [0.2, 0.25) is 0 Å². The molecule has 2 N–H and O–H groups in total. The topological polar surface area (TPSA) is 75.1 Å². The Morgan fingerprint density at radius 3 is 2.81 bits per heavy atom. The number of hydrogen-bond acceptors (Lipinski definition) is 4. The number of amides is 1. The van der Waals surface area contributed by atoms with Crippen molar-refractivity contribution in [2.45, 2.75) is 19.3 Å². The third-order valence-electron chi connectivity index (χ3n) is 3.17. The summed E-state index contributed by atoms with van der Waals surface area (Å²) < 4.78 is 0. The molecule has 5 heteroatoms. The Balaban J connectivity index is 1.89. The normalized spacial score (nSPS) is 17.6. The first kappa shape index (κ1) is 11.0. The van der Waals surface area contributed by atoms with Crippen LogP contribution in [-0.2, 0) is 0 Å². The van der Waals surface area contributed by atoms with E-state index in [0.717, 1.165) is 19.3 Å². The van der Waals surface area contributed by atoms with E-state index >= 15 is 0 Å². The van der Waals surface area contributed by atoms with Crippen molar-refractivity contribution in [2.24, 2.45) is 5.41 Å². The molecule has 0 bridgehead atoms. The van der Waals surface area contributed by atoms with Crippen LogP contribution in [0, 0.1) is 5.41 Å². The predicted octanol–water partition coefficient (Wildman–Crippen LogP) is 0.369. The monoisotopic (exact) mass is 221 g/mol. The van der Waals surface area contributed by atoms with Gasteiger partial charge in [0.25, 0.3) is 5.91 Å². The van der Waals surface area contributed by atoms with Crippen LogP contribution in [0.4, 0.5) is 0 Å². The van der Waals surface area contributed by atoms with Crippen LogP contribution in [0.1, 0.15) is 29.8 Å². The zero-order valence-electron chi connectivity index (χ0n) is 9.02. The van der Waals surface area contributed by atoms with E-state index in [1.807, 2.05) is 0 Å². The Morgan fingerprint density at radius 2 is 2.31 bits per heavy atom. The molecule has 1 fully saturated rings. The Kier molecular flexibility index (Phi) is 3.14. The van der Waals surface area contributed by atoms with E-state index in [0.29, 0.717) is 12.2 Å². The summed E-state index contributed by atoms with van der Waals surface area (Å²) in [5.74, 6) is -0.229. The second-order valence-electron chi connectivity index (χ2n) is 4.28. The van der Waals surface area contributed by atoms with Crippen molar-refractivity contribution in [3.8, 4) is 0 Å². The van der Waals surface area contributed by atoms with E-state index in [-0.39, 0.29) is 17.9 Å². The first-order valence-electron chi connectivity index (χ1n) is 5.41. The molecule has 0 unspecified atom stereocenters. The fourth-order valence-electron chi connectivity index (χ4n) is 1.84. The summed E-state index contributed by atoms with van der Waals surface area (Å²) in [5.41, 5.74) is 0.215. The van der Waals surface area contributed by atoms with Gasteiger partial charge >= 0.3 is 0 Å². The Morgan fingerprint density at radius 1 is 1.50 bits per heavy atom. The van der Waals surface area contributed by atoms with Gasteiger partial charge < -0.3 is 10.4 Å². The number of carbonyl (C=O) groups is 1. The van der Waals surface area contributed by atoms with Crippen LogP contribution >= 0.6 is 0 Å². The van der Waals surface area contributed by atoms with E-state index in [4.69, 9.17) is 0 Å². The van der Waals surface area contributed by atoms with Crippen molar-refractivity contribution in [2.75, 3.05) is 13.2 Å². The number of aliphatic hydroxyl groups is 1. The standard InChI is InChI=1S/C11H15N3O2/c15-8-11(2-1-3-11)7-14-10(16)9-6-12-4-5-13-9/h4-6,15H,1-3,7-8H2,(H,14,16). The van der Waals surface area contributed by atoms with Gasteiger partial charge in [-0.2, -0.15) is 0 Å². The fourth-order valence-corrected chi connectivity index (χ4v) is 1.84. The first-order chi connectivity index (χ1) is 7.76. The molecule has 0 radical (unpaired) electrons. The molecule has 0 saturated heterocycles. The molecular weight excluding hydrogens is 206 g/mol. The molecule has 0 aliphatic heterocycles. The molecule has 1 heterocycles. The average Bonchev–Trinajstić information content (AvgIpc) is 2.29. The van der Waals surface area contributed by atoms with Gasteiger partial charge in [0.15, 0.2) is 0 Å². The third kappa shape index (κ3) is 2.19. The van der Waals surface area contributed by atoms with Crippen LogP contribution in [0.25, 0.3) is 0 Å². The van der Waals surface area contributed by atoms with Crippen molar-refractivity contribution < 1.29 is 9.90 Å². The molecule has 0 aromatic carbocycles. The van der Waals surface area contributed by atoms with E-state index in [9.17, 15) is 9.90 Å². The molecule has 1 amide bonds. The van der Waals surface area contributed by atoms with E-state index < -0.39 is 0 Å². The molecular formula is C11H15N3O2. The summed E-state index contributed by atoms with van der Waals surface area (Å²) >= 11 is 0. The second kappa shape index (κ2) is 4.57. The van der Waals surface area contributed by atoms with Crippen LogP contribution < -0.4 is 5.32 Å². The highest BCUT2D eigenvalue weighted by atomic mass is 16.3. The van der Waals surface area contributed by atoms with Crippen molar-refractivity contribution in [3.05, 3.63) is 24.3 Å². The minimum Gasteiger partial charge on any atom is -0.396 e. The molecule has 1 aromatic rings. The second-order valence-corrected chi connectivity index (χ2v) is 4.28. The van der Waals surface area contributed by atoms with Gasteiger partial charge in [0.05, 0.1) is 12.8 Å². The van der Waals surface area contributed by atoms with Gasteiger partial charge in [-0.15, -0.1) is 0 Å². The lowest BCUT2D eigenvalue weighted by atomic mass is 9.69. The van der Waals surface area contributed by atoms with Gasteiger partial charge in [-0.1, -0.05) is 6.42 Å². The maximum Gasteiger partial charge on any atom is 0.271 e. The van der Waals surface area contributed by atoms with Crippen LogP contribution in [0.3, 0.4) is 0 Å². The molecule has 86 valence electrons. The average molecular weight is 221 g/mol. The number of aliphatic hydroxyl groups excluding tert-OH is 1. The lowest BCUT2D eigenvalue weighted by Gasteiger charge is -2.40. The maximum absolute atomic E-state index is 11.7. The summed E-state index contributed by atoms with van der Waals surface area (Å²) in [7, 11) is 0. The minimum atomic E-state index is -0.229. The summed E-state index contributed by atoms with van der Waals surface area (Å²) in [6, 6.07) is 0. The third-order valence-corrected chi connectivity index (χ3v) is 3.17. The summed E-state index contributed by atoms with van der Waals surface area (Å²) in [6.45, 7) is 0.645. The van der Waals surface area contributed by atoms with E-state index in [1.54, 1.807) is 0 Å². The fraction of sp³-hybridized carbons (Fsp3) is 0.545. The van der Waals surface area contributed by atoms with Gasteiger partial charge in [0.2, 0.25) is 0 Å². The Hall–Kier alpha value is -1.49. The highest BCUT2D eigenvalue weighted by Crippen LogP contribution is 2.39. The highest BCUT2D eigenvalue weighted by molar-refractivity contribution is 5.91. The van der Waals surface area contributed by atoms with Crippen LogP contribution in [-0.4, -0.2) is 34.1 Å². The molecule has 2 rings (SSSR count).